The number of piperazine rings is 1. The number of likely N-dealkylation sites (N-methyl/N-ethyl adjacent to an activating group) is 1. The molecule has 2 aromatic carbocycles. The van der Waals surface area contributed by atoms with Gasteiger partial charge in [0.1, 0.15) is 5.75 Å². The first kappa shape index (κ1) is 34.3. The Morgan fingerprint density at radius 2 is 1.69 bits per heavy atom. The lowest BCUT2D eigenvalue weighted by molar-refractivity contribution is -0.142. The summed E-state index contributed by atoms with van der Waals surface area (Å²) >= 11 is 5.98. The molecule has 14 heteroatoms. The number of aromatic hydroxyl groups is 1. The van der Waals surface area contributed by atoms with Crippen LogP contribution < -0.4 is 5.32 Å². The average Bonchev–Trinajstić information content (AvgIpc) is 3.06. The highest BCUT2D eigenvalue weighted by Gasteiger charge is 2.44. The standard InChI is InChI=1S/C34H41ClF3N5O5/c1-40-14-16-41(17-15-40)23-6-10-42(11-7-23)31(46)28(20-22-18-25(34(36,37)38)30(45)26(35)19-22)48-32(47)43-12-8-33(9-13-43)21-29(44)39-27-5-3-2-4-24(27)33/h2-5,18-19,23,28,45H,6-17,20-21H2,1H3,(H,39,44)/t28-/m1/s1. The molecule has 4 aliphatic heterocycles. The number of piperidine rings is 2. The summed E-state index contributed by atoms with van der Waals surface area (Å²) in [5.74, 6) is -1.67. The summed E-state index contributed by atoms with van der Waals surface area (Å²) in [4.78, 5) is 47.9. The summed E-state index contributed by atoms with van der Waals surface area (Å²) in [6.45, 7) is 5.27. The van der Waals surface area contributed by atoms with Crippen LogP contribution >= 0.6 is 11.6 Å². The number of benzene rings is 2. The average molecular weight is 692 g/mol. The van der Waals surface area contributed by atoms with Gasteiger partial charge in [-0.2, -0.15) is 13.2 Å². The molecule has 10 nitrogen and oxygen atoms in total. The number of carbonyl (C=O) groups excluding carboxylic acids is 3. The Balaban J connectivity index is 1.17. The highest BCUT2D eigenvalue weighted by molar-refractivity contribution is 6.32. The van der Waals surface area contributed by atoms with E-state index in [1.54, 1.807) is 4.90 Å². The largest absolute Gasteiger partial charge is 0.506 e. The van der Waals surface area contributed by atoms with Gasteiger partial charge in [0.15, 0.2) is 6.10 Å². The molecule has 0 aromatic heterocycles. The fourth-order valence-electron chi connectivity index (χ4n) is 7.64. The van der Waals surface area contributed by atoms with Gasteiger partial charge in [0.05, 0.1) is 10.6 Å². The Bertz CT molecular complexity index is 1530. The molecule has 0 bridgehead atoms. The van der Waals surface area contributed by atoms with Gasteiger partial charge in [0, 0.05) is 82.3 Å². The van der Waals surface area contributed by atoms with Crippen LogP contribution in [0, 0.1) is 0 Å². The van der Waals surface area contributed by atoms with Gasteiger partial charge < -0.3 is 29.9 Å². The molecule has 1 atom stereocenters. The highest BCUT2D eigenvalue weighted by Crippen LogP contribution is 2.45. The van der Waals surface area contributed by atoms with Crippen molar-refractivity contribution in [2.24, 2.45) is 0 Å². The first-order chi connectivity index (χ1) is 22.8. The molecule has 2 N–H and O–H groups in total. The molecule has 0 saturated carbocycles. The molecule has 6 rings (SSSR count). The maximum atomic E-state index is 14.0. The van der Waals surface area contributed by atoms with Crippen LogP contribution in [-0.4, -0.2) is 114 Å². The molecule has 0 radical (unpaired) electrons. The van der Waals surface area contributed by atoms with Crippen molar-refractivity contribution in [3.8, 4) is 5.75 Å². The normalized spacial score (nSPS) is 21.5. The Morgan fingerprint density at radius 1 is 1.02 bits per heavy atom. The molecule has 48 heavy (non-hydrogen) atoms. The second-order valence-electron chi connectivity index (χ2n) is 13.5. The number of para-hydroxylation sites is 1. The smallest absolute Gasteiger partial charge is 0.420 e. The summed E-state index contributed by atoms with van der Waals surface area (Å²) in [6.07, 6.45) is -4.60. The van der Waals surface area contributed by atoms with E-state index < -0.39 is 46.0 Å². The zero-order valence-electron chi connectivity index (χ0n) is 26.9. The third-order valence-electron chi connectivity index (χ3n) is 10.4. The van der Waals surface area contributed by atoms with Crippen LogP contribution in [0.3, 0.4) is 0 Å². The maximum absolute atomic E-state index is 14.0. The van der Waals surface area contributed by atoms with Gasteiger partial charge in [-0.3, -0.25) is 14.5 Å². The Morgan fingerprint density at radius 3 is 2.35 bits per heavy atom. The van der Waals surface area contributed by atoms with Gasteiger partial charge >= 0.3 is 12.3 Å². The van der Waals surface area contributed by atoms with Gasteiger partial charge in [-0.1, -0.05) is 29.8 Å². The van der Waals surface area contributed by atoms with Crippen molar-refractivity contribution in [2.45, 2.75) is 62.3 Å². The Hall–Kier alpha value is -3.55. The van der Waals surface area contributed by atoms with Crippen LogP contribution in [0.5, 0.6) is 5.75 Å². The van der Waals surface area contributed by atoms with Gasteiger partial charge in [-0.05, 0) is 62.1 Å². The van der Waals surface area contributed by atoms with E-state index in [2.05, 4.69) is 22.2 Å². The number of likely N-dealkylation sites (tertiary alicyclic amines) is 2. The molecule has 0 aliphatic carbocycles. The number of halogens is 4. The quantitative estimate of drug-likeness (QED) is 0.468. The van der Waals surface area contributed by atoms with E-state index >= 15 is 0 Å². The molecule has 1 spiro atoms. The number of phenolic OH excluding ortho intramolecular Hbond substituents is 1. The Labute approximate surface area is 282 Å². The fourth-order valence-corrected chi connectivity index (χ4v) is 7.88. The first-order valence-electron chi connectivity index (χ1n) is 16.5. The first-order valence-corrected chi connectivity index (χ1v) is 16.9. The van der Waals surface area contributed by atoms with Crippen LogP contribution in [0.15, 0.2) is 36.4 Å². The number of hydrogen-bond acceptors (Lipinski definition) is 7. The third-order valence-corrected chi connectivity index (χ3v) is 10.7. The van der Waals surface area contributed by atoms with Crippen molar-refractivity contribution in [1.29, 1.82) is 0 Å². The Kier molecular flexibility index (Phi) is 9.83. The molecule has 4 aliphatic rings. The number of amides is 3. The van der Waals surface area contributed by atoms with Gasteiger partial charge in [0.2, 0.25) is 5.91 Å². The van der Waals surface area contributed by atoms with E-state index in [1.165, 1.54) is 4.90 Å². The number of carbonyl (C=O) groups is 3. The van der Waals surface area contributed by atoms with Crippen molar-refractivity contribution in [3.05, 3.63) is 58.1 Å². The van der Waals surface area contributed by atoms with Crippen molar-refractivity contribution >= 4 is 35.2 Å². The topological polar surface area (TPSA) is 106 Å². The van der Waals surface area contributed by atoms with E-state index in [9.17, 15) is 32.7 Å². The van der Waals surface area contributed by atoms with Crippen molar-refractivity contribution < 1.29 is 37.4 Å². The SMILES string of the molecule is CN1CCN(C2CCN(C(=O)[C@@H](Cc3cc(Cl)c(O)c(C(F)(F)F)c3)OC(=O)N3CCC4(CC3)CC(=O)Nc3ccccc34)CC2)CC1. The number of rotatable bonds is 5. The van der Waals surface area contributed by atoms with E-state index in [-0.39, 0.29) is 31.0 Å². The second-order valence-corrected chi connectivity index (χ2v) is 13.9. The predicted molar refractivity (Wildman–Crippen MR) is 173 cm³/mol. The van der Waals surface area contributed by atoms with E-state index in [4.69, 9.17) is 16.3 Å². The summed E-state index contributed by atoms with van der Waals surface area (Å²) < 4.78 is 47.0. The molecular weight excluding hydrogens is 651 g/mol. The van der Waals surface area contributed by atoms with Gasteiger partial charge in [-0.25, -0.2) is 4.79 Å². The van der Waals surface area contributed by atoms with Crippen LogP contribution in [0.4, 0.5) is 23.7 Å². The summed E-state index contributed by atoms with van der Waals surface area (Å²) in [5, 5.41) is 12.4. The number of ether oxygens (including phenoxy) is 1. The minimum atomic E-state index is -4.89. The molecule has 260 valence electrons. The predicted octanol–water partition coefficient (Wildman–Crippen LogP) is 4.73. The number of hydrogen-bond donors (Lipinski definition) is 2. The van der Waals surface area contributed by atoms with Gasteiger partial charge in [0.25, 0.3) is 5.91 Å². The fraction of sp³-hybridized carbons (Fsp3) is 0.559. The van der Waals surface area contributed by atoms with Crippen LogP contribution in [0.25, 0.3) is 0 Å². The molecular formula is C34H41ClF3N5O5. The molecule has 3 fully saturated rings. The zero-order valence-corrected chi connectivity index (χ0v) is 27.7. The van der Waals surface area contributed by atoms with E-state index in [0.717, 1.165) is 62.4 Å². The monoisotopic (exact) mass is 691 g/mol. The number of phenols is 1. The van der Waals surface area contributed by atoms with Crippen LogP contribution in [0.1, 0.15) is 48.8 Å². The van der Waals surface area contributed by atoms with Crippen LogP contribution in [0.2, 0.25) is 5.02 Å². The summed E-state index contributed by atoms with van der Waals surface area (Å²) in [7, 11) is 2.09. The molecule has 3 saturated heterocycles. The number of anilines is 1. The minimum absolute atomic E-state index is 0.00557. The zero-order chi connectivity index (χ0) is 34.2. The number of alkyl halides is 3. The molecule has 0 unspecified atom stereocenters. The second kappa shape index (κ2) is 13.8. The lowest BCUT2D eigenvalue weighted by atomic mass is 9.68. The van der Waals surface area contributed by atoms with Gasteiger partial charge in [-0.15, -0.1) is 0 Å². The summed E-state index contributed by atoms with van der Waals surface area (Å²) in [5.41, 5.74) is 0.0307. The summed E-state index contributed by atoms with van der Waals surface area (Å²) in [6, 6.07) is 9.85. The number of fused-ring (bicyclic) bond motifs is 2. The number of nitrogens with one attached hydrogen (secondary N) is 1. The molecule has 2 aromatic rings. The lowest BCUT2D eigenvalue weighted by Crippen LogP contribution is -2.54. The molecule has 3 amide bonds. The maximum Gasteiger partial charge on any atom is 0.420 e. The lowest BCUT2D eigenvalue weighted by Gasteiger charge is -2.44. The van der Waals surface area contributed by atoms with Crippen molar-refractivity contribution in [3.63, 3.8) is 0 Å². The number of nitrogens with zero attached hydrogens (tertiary/aromatic N) is 4. The van der Waals surface area contributed by atoms with Crippen molar-refractivity contribution in [1.82, 2.24) is 19.6 Å². The minimum Gasteiger partial charge on any atom is -0.506 e. The van der Waals surface area contributed by atoms with E-state index in [0.29, 0.717) is 38.4 Å². The van der Waals surface area contributed by atoms with Crippen LogP contribution in [-0.2, 0) is 32.3 Å². The third kappa shape index (κ3) is 7.23. The van der Waals surface area contributed by atoms with Crippen molar-refractivity contribution in [2.75, 3.05) is 64.7 Å². The highest BCUT2D eigenvalue weighted by atomic mass is 35.5. The van der Waals surface area contributed by atoms with E-state index in [1.807, 2.05) is 24.3 Å². The molecule has 4 heterocycles.